The van der Waals surface area contributed by atoms with Crippen molar-refractivity contribution < 1.29 is 32.4 Å². The molecule has 0 amide bonds. The van der Waals surface area contributed by atoms with Gasteiger partial charge in [-0.05, 0) is 30.7 Å². The first-order chi connectivity index (χ1) is 15.2. The first kappa shape index (κ1) is 27.5. The lowest BCUT2D eigenvalue weighted by molar-refractivity contribution is -0.112. The van der Waals surface area contributed by atoms with E-state index in [-0.39, 0.29) is 12.0 Å². The van der Waals surface area contributed by atoms with E-state index in [1.165, 1.54) is 51.5 Å². The van der Waals surface area contributed by atoms with Crippen molar-refractivity contribution in [3.63, 3.8) is 0 Å². The van der Waals surface area contributed by atoms with Crippen molar-refractivity contribution in [2.75, 3.05) is 7.11 Å². The second kappa shape index (κ2) is 14.5. The summed E-state index contributed by atoms with van der Waals surface area (Å²) in [5, 5.41) is 8.51. The zero-order chi connectivity index (χ0) is 24.0. The lowest BCUT2D eigenvalue weighted by Crippen LogP contribution is -2.12. The van der Waals surface area contributed by atoms with E-state index >= 15 is 0 Å². The molecule has 0 aliphatic rings. The molecule has 0 saturated carbocycles. The van der Waals surface area contributed by atoms with Crippen LogP contribution in [-0.4, -0.2) is 41.3 Å². The minimum absolute atomic E-state index is 0.0608. The van der Waals surface area contributed by atoms with Gasteiger partial charge in [0.25, 0.3) is 5.12 Å². The van der Waals surface area contributed by atoms with Crippen LogP contribution in [0.15, 0.2) is 30.5 Å². The molecule has 2 aromatic rings. The molecule has 178 valence electrons. The van der Waals surface area contributed by atoms with Gasteiger partial charge in [0.05, 0.1) is 18.2 Å². The van der Waals surface area contributed by atoms with E-state index in [1.807, 2.05) is 0 Å². The molecule has 0 unspecified atom stereocenters. The largest absolute Gasteiger partial charge is 0.497 e. The van der Waals surface area contributed by atoms with E-state index in [0.29, 0.717) is 23.1 Å². The number of hydrogen-bond donors (Lipinski definition) is 2. The molecule has 9 heteroatoms. The van der Waals surface area contributed by atoms with Crippen molar-refractivity contribution in [3.05, 3.63) is 36.0 Å². The normalized spacial score (nSPS) is 11.0. The summed E-state index contributed by atoms with van der Waals surface area (Å²) in [5.41, 5.74) is 0.884. The Morgan fingerprint density at radius 2 is 1.56 bits per heavy atom. The maximum atomic E-state index is 10.9. The van der Waals surface area contributed by atoms with Crippen LogP contribution in [0.5, 0.6) is 5.75 Å². The molecular weight excluding hydrogens is 434 g/mol. The molecule has 0 atom stereocenters. The van der Waals surface area contributed by atoms with Crippen molar-refractivity contribution in [3.8, 4) is 5.75 Å². The van der Waals surface area contributed by atoms with E-state index in [1.54, 1.807) is 18.2 Å². The third-order valence-corrected chi connectivity index (χ3v) is 5.73. The number of methoxy groups -OCH3 is 1. The summed E-state index contributed by atoms with van der Waals surface area (Å²) in [6.07, 6.45) is 11.3. The van der Waals surface area contributed by atoms with Crippen LogP contribution < -0.4 is 4.74 Å². The van der Waals surface area contributed by atoms with E-state index in [4.69, 9.17) is 14.4 Å². The monoisotopic (exact) mass is 467 g/mol. The second-order valence-electron chi connectivity index (χ2n) is 7.47. The molecular formula is C23H33NO7S. The molecule has 0 spiro atoms. The van der Waals surface area contributed by atoms with Gasteiger partial charge in [-0.3, -0.25) is 14.3 Å². The zero-order valence-electron chi connectivity index (χ0n) is 18.7. The Labute approximate surface area is 189 Å². The fraction of sp³-hybridized carbons (Fsp3) is 0.522. The average Bonchev–Trinajstić information content (AvgIpc) is 2.76. The minimum atomic E-state index is -4.45. The van der Waals surface area contributed by atoms with Crippen molar-refractivity contribution in [2.45, 2.75) is 71.1 Å². The van der Waals surface area contributed by atoms with Gasteiger partial charge in [-0.1, -0.05) is 58.3 Å². The Morgan fingerprint density at radius 1 is 0.969 bits per heavy atom. The van der Waals surface area contributed by atoms with Crippen LogP contribution in [-0.2, 0) is 14.9 Å². The molecule has 0 aliphatic carbocycles. The first-order valence-electron chi connectivity index (χ1n) is 10.9. The molecule has 1 heterocycles. The van der Waals surface area contributed by atoms with Crippen molar-refractivity contribution >= 4 is 32.1 Å². The summed E-state index contributed by atoms with van der Waals surface area (Å²) < 4.78 is 34.3. The Kier molecular flexibility index (Phi) is 12.5. The lowest BCUT2D eigenvalue weighted by Gasteiger charge is -2.04. The molecule has 8 nitrogen and oxygen atoms in total. The number of fused-ring (bicyclic) bond motifs is 1. The quantitative estimate of drug-likeness (QED) is 0.319. The topological polar surface area (TPSA) is 131 Å². The van der Waals surface area contributed by atoms with Crippen molar-refractivity contribution in [2.24, 2.45) is 0 Å². The molecule has 1 aromatic carbocycles. The van der Waals surface area contributed by atoms with Crippen LogP contribution in [0.1, 0.15) is 81.5 Å². The summed E-state index contributed by atoms with van der Waals surface area (Å²) in [5.74, 6) is -0.339. The van der Waals surface area contributed by atoms with Gasteiger partial charge in [0, 0.05) is 18.0 Å². The molecule has 0 fully saturated rings. The molecule has 0 aliphatic heterocycles. The number of benzene rings is 1. The van der Waals surface area contributed by atoms with Crippen LogP contribution in [0.4, 0.5) is 0 Å². The van der Waals surface area contributed by atoms with E-state index in [2.05, 4.69) is 11.9 Å². The Morgan fingerprint density at radius 3 is 2.09 bits per heavy atom. The number of aromatic carboxylic acids is 1. The number of hydrogen-bond acceptors (Lipinski definition) is 6. The zero-order valence-corrected chi connectivity index (χ0v) is 19.6. The number of carboxylic acid groups (broad SMARTS) is 1. The molecule has 2 N–H and O–H groups in total. The number of pyridine rings is 1. The van der Waals surface area contributed by atoms with Crippen LogP contribution in [0.2, 0.25) is 0 Å². The van der Waals surface area contributed by atoms with Crippen LogP contribution in [0.25, 0.3) is 10.9 Å². The number of carbonyl (C=O) groups excluding carboxylic acids is 1. The minimum Gasteiger partial charge on any atom is -0.497 e. The maximum Gasteiger partial charge on any atom is 0.336 e. The standard InChI is InChI=1S/C12H24O4S.C11H9NO3/c1-2-3-4-5-6-7-8-9-10-11-12(13)17(14,15)16;1-15-7-2-3-10-9(6-7)8(11(13)14)4-5-12-10/h2-11H2,1H3,(H,14,15,16);2-6H,1H3,(H,13,14). The number of aromatic nitrogens is 1. The van der Waals surface area contributed by atoms with Gasteiger partial charge in [-0.25, -0.2) is 4.79 Å². The smallest absolute Gasteiger partial charge is 0.336 e. The number of ether oxygens (including phenoxy) is 1. The molecule has 32 heavy (non-hydrogen) atoms. The molecule has 0 bridgehead atoms. The summed E-state index contributed by atoms with van der Waals surface area (Å²) in [4.78, 5) is 25.9. The van der Waals surface area contributed by atoms with Crippen molar-refractivity contribution in [1.29, 1.82) is 0 Å². The summed E-state index contributed by atoms with van der Waals surface area (Å²) >= 11 is 0. The van der Waals surface area contributed by atoms with E-state index in [9.17, 15) is 18.0 Å². The molecule has 0 radical (unpaired) electrons. The van der Waals surface area contributed by atoms with Gasteiger partial charge in [-0.15, -0.1) is 0 Å². The van der Waals surface area contributed by atoms with Gasteiger partial charge in [0.1, 0.15) is 5.75 Å². The summed E-state index contributed by atoms with van der Waals surface area (Å²) in [7, 11) is -2.91. The number of rotatable bonds is 12. The highest BCUT2D eigenvalue weighted by atomic mass is 32.2. The number of carbonyl (C=O) groups is 2. The fourth-order valence-corrected chi connectivity index (χ4v) is 3.55. The highest BCUT2D eigenvalue weighted by Gasteiger charge is 2.16. The summed E-state index contributed by atoms with van der Waals surface area (Å²) in [6, 6.07) is 6.64. The molecule has 2 rings (SSSR count). The molecule has 0 saturated heterocycles. The third-order valence-electron chi connectivity index (χ3n) is 4.95. The van der Waals surface area contributed by atoms with Gasteiger partial charge in [0.2, 0.25) is 0 Å². The SMILES string of the molecule is CCCCCCCCCCCC(=O)S(=O)(=O)O.COc1ccc2nccc(C(=O)O)c2c1. The number of carboxylic acids is 1. The van der Waals surface area contributed by atoms with E-state index < -0.39 is 21.2 Å². The lowest BCUT2D eigenvalue weighted by atomic mass is 10.1. The average molecular weight is 468 g/mol. The third kappa shape index (κ3) is 10.2. The van der Waals surface area contributed by atoms with Crippen LogP contribution in [0.3, 0.4) is 0 Å². The predicted octanol–water partition coefficient (Wildman–Crippen LogP) is 5.26. The predicted molar refractivity (Wildman–Crippen MR) is 124 cm³/mol. The maximum absolute atomic E-state index is 10.9. The Bertz CT molecular complexity index is 973. The fourth-order valence-electron chi connectivity index (χ4n) is 3.15. The van der Waals surface area contributed by atoms with Gasteiger partial charge < -0.3 is 9.84 Å². The van der Waals surface area contributed by atoms with Crippen molar-refractivity contribution in [1.82, 2.24) is 4.98 Å². The Balaban J connectivity index is 0.000000321. The highest BCUT2D eigenvalue weighted by Crippen LogP contribution is 2.22. The van der Waals surface area contributed by atoms with Gasteiger partial charge in [-0.2, -0.15) is 8.42 Å². The van der Waals surface area contributed by atoms with Crippen LogP contribution >= 0.6 is 0 Å². The van der Waals surface area contributed by atoms with Crippen LogP contribution in [0, 0.1) is 0 Å². The number of nitrogens with zero attached hydrogens (tertiary/aromatic N) is 1. The van der Waals surface area contributed by atoms with Gasteiger partial charge in [0.15, 0.2) is 0 Å². The number of unbranched alkanes of at least 4 members (excludes halogenated alkanes) is 8. The summed E-state index contributed by atoms with van der Waals surface area (Å²) in [6.45, 7) is 2.19. The second-order valence-corrected chi connectivity index (χ2v) is 8.88. The highest BCUT2D eigenvalue weighted by molar-refractivity contribution is 8.01. The Hall–Kier alpha value is -2.52. The molecule has 1 aromatic heterocycles. The first-order valence-corrected chi connectivity index (χ1v) is 12.3. The van der Waals surface area contributed by atoms with E-state index in [0.717, 1.165) is 19.3 Å². The van der Waals surface area contributed by atoms with Gasteiger partial charge >= 0.3 is 16.1 Å².